The van der Waals surface area contributed by atoms with E-state index >= 15 is 0 Å². The zero-order chi connectivity index (χ0) is 7.72. The molecule has 2 nitrogen and oxygen atoms in total. The van der Waals surface area contributed by atoms with Crippen molar-refractivity contribution in [1.82, 2.24) is 0 Å². The maximum Gasteiger partial charge on any atom is 0.158 e. The molecule has 0 aliphatic heterocycles. The first-order valence-electron chi connectivity index (χ1n) is 2.55. The Hall–Kier alpha value is -0.480. The molecule has 10 heavy (non-hydrogen) atoms. The summed E-state index contributed by atoms with van der Waals surface area (Å²) in [5, 5.41) is 17.8. The van der Waals surface area contributed by atoms with Gasteiger partial charge in [0.25, 0.3) is 0 Å². The Morgan fingerprint density at radius 3 is 1.50 bits per heavy atom. The van der Waals surface area contributed by atoms with Crippen LogP contribution >= 0.6 is 25.3 Å². The van der Waals surface area contributed by atoms with Gasteiger partial charge in [-0.15, -0.1) is 25.3 Å². The average Bonchev–Trinajstić information content (AvgIpc) is 1.84. The first kappa shape index (κ1) is 7.63. The summed E-state index contributed by atoms with van der Waals surface area (Å²) in [5.74, 6) is -0.356. The molecule has 1 rings (SSSR count). The number of rotatable bonds is 0. The van der Waals surface area contributed by atoms with Gasteiger partial charge in [0.15, 0.2) is 11.5 Å². The standard InChI is InChI=1S/C6H6O2S2/c7-3-1-5(9)6(10)2-4(3)8/h1-2,7-10H. The average molecular weight is 174 g/mol. The summed E-state index contributed by atoms with van der Waals surface area (Å²) < 4.78 is 0. The number of benzene rings is 1. The lowest BCUT2D eigenvalue weighted by atomic mass is 10.3. The van der Waals surface area contributed by atoms with Gasteiger partial charge in [-0.1, -0.05) is 0 Å². The number of hydrogen-bond donors (Lipinski definition) is 4. The molecule has 0 aliphatic rings. The minimum Gasteiger partial charge on any atom is -0.504 e. The molecule has 0 atom stereocenters. The molecule has 0 amide bonds. The number of aromatic hydroxyl groups is 2. The first-order valence-corrected chi connectivity index (χ1v) is 3.44. The maximum absolute atomic E-state index is 8.89. The Balaban J connectivity index is 3.28. The van der Waals surface area contributed by atoms with Gasteiger partial charge in [0.1, 0.15) is 0 Å². The Kier molecular flexibility index (Phi) is 2.01. The SMILES string of the molecule is Oc1cc(S)c(S)cc1O. The van der Waals surface area contributed by atoms with Gasteiger partial charge >= 0.3 is 0 Å². The summed E-state index contributed by atoms with van der Waals surface area (Å²) in [6, 6.07) is 2.67. The summed E-state index contributed by atoms with van der Waals surface area (Å²) in [5.41, 5.74) is 0. The van der Waals surface area contributed by atoms with Gasteiger partial charge < -0.3 is 10.2 Å². The zero-order valence-corrected chi connectivity index (χ0v) is 6.73. The second-order valence-corrected chi connectivity index (χ2v) is 2.79. The van der Waals surface area contributed by atoms with Crippen molar-refractivity contribution < 1.29 is 10.2 Å². The predicted molar refractivity (Wildman–Crippen MR) is 44.3 cm³/mol. The van der Waals surface area contributed by atoms with Crippen molar-refractivity contribution in [2.24, 2.45) is 0 Å². The lowest BCUT2D eigenvalue weighted by molar-refractivity contribution is 0.401. The van der Waals surface area contributed by atoms with E-state index in [4.69, 9.17) is 10.2 Å². The second kappa shape index (κ2) is 2.64. The van der Waals surface area contributed by atoms with Crippen molar-refractivity contribution in [3.63, 3.8) is 0 Å². The summed E-state index contributed by atoms with van der Waals surface area (Å²) >= 11 is 7.93. The number of hydrogen-bond acceptors (Lipinski definition) is 4. The van der Waals surface area contributed by atoms with Crippen LogP contribution < -0.4 is 0 Å². The molecule has 2 N–H and O–H groups in total. The molecular weight excluding hydrogens is 168 g/mol. The van der Waals surface area contributed by atoms with Crippen molar-refractivity contribution >= 4 is 25.3 Å². The van der Waals surface area contributed by atoms with Crippen LogP contribution in [0.3, 0.4) is 0 Å². The van der Waals surface area contributed by atoms with Gasteiger partial charge in [-0.3, -0.25) is 0 Å². The lowest BCUT2D eigenvalue weighted by Crippen LogP contribution is -1.72. The van der Waals surface area contributed by atoms with E-state index in [1.807, 2.05) is 0 Å². The Morgan fingerprint density at radius 1 is 0.900 bits per heavy atom. The minimum atomic E-state index is -0.178. The highest BCUT2D eigenvalue weighted by molar-refractivity contribution is 7.83. The Morgan fingerprint density at radius 2 is 1.20 bits per heavy atom. The lowest BCUT2D eigenvalue weighted by Gasteiger charge is -2.00. The third-order valence-electron chi connectivity index (χ3n) is 1.07. The molecule has 0 unspecified atom stereocenters. The van der Waals surface area contributed by atoms with E-state index in [1.165, 1.54) is 12.1 Å². The van der Waals surface area contributed by atoms with Crippen LogP contribution in [0.2, 0.25) is 0 Å². The fourth-order valence-corrected chi connectivity index (χ4v) is 0.928. The molecule has 1 aromatic rings. The molecule has 0 fully saturated rings. The van der Waals surface area contributed by atoms with E-state index in [1.54, 1.807) is 0 Å². The monoisotopic (exact) mass is 174 g/mol. The summed E-state index contributed by atoms with van der Waals surface area (Å²) in [4.78, 5) is 1.08. The molecule has 1 aromatic carbocycles. The minimum absolute atomic E-state index is 0.178. The van der Waals surface area contributed by atoms with Gasteiger partial charge in [0, 0.05) is 9.79 Å². The molecule has 0 radical (unpaired) electrons. The van der Waals surface area contributed by atoms with Gasteiger partial charge in [-0.25, -0.2) is 0 Å². The van der Waals surface area contributed by atoms with E-state index in [0.717, 1.165) is 0 Å². The third-order valence-corrected chi connectivity index (χ3v) is 1.99. The molecular formula is C6H6O2S2. The molecule has 0 heterocycles. The van der Waals surface area contributed by atoms with Crippen LogP contribution in [0.15, 0.2) is 21.9 Å². The Bertz CT molecular complexity index is 210. The highest BCUT2D eigenvalue weighted by Gasteiger charge is 2.01. The van der Waals surface area contributed by atoms with Gasteiger partial charge in [-0.05, 0) is 12.1 Å². The molecule has 0 bridgehead atoms. The van der Waals surface area contributed by atoms with E-state index in [-0.39, 0.29) is 11.5 Å². The second-order valence-electron chi connectivity index (χ2n) is 1.83. The summed E-state index contributed by atoms with van der Waals surface area (Å²) in [7, 11) is 0. The van der Waals surface area contributed by atoms with Gasteiger partial charge in [0.05, 0.1) is 0 Å². The van der Waals surface area contributed by atoms with Crippen LogP contribution in [0.1, 0.15) is 0 Å². The molecule has 54 valence electrons. The van der Waals surface area contributed by atoms with Crippen molar-refractivity contribution in [3.8, 4) is 11.5 Å². The van der Waals surface area contributed by atoms with Crippen molar-refractivity contribution in [2.45, 2.75) is 9.79 Å². The van der Waals surface area contributed by atoms with Crippen LogP contribution in [0.5, 0.6) is 11.5 Å². The largest absolute Gasteiger partial charge is 0.504 e. The van der Waals surface area contributed by atoms with Crippen molar-refractivity contribution in [1.29, 1.82) is 0 Å². The summed E-state index contributed by atoms with van der Waals surface area (Å²) in [6.45, 7) is 0. The molecule has 0 saturated heterocycles. The fourth-order valence-electron chi connectivity index (χ4n) is 0.555. The van der Waals surface area contributed by atoms with Crippen LogP contribution in [0.4, 0.5) is 0 Å². The maximum atomic E-state index is 8.89. The van der Waals surface area contributed by atoms with Gasteiger partial charge in [0.2, 0.25) is 0 Å². The summed E-state index contributed by atoms with van der Waals surface area (Å²) in [6.07, 6.45) is 0. The molecule has 0 aromatic heterocycles. The van der Waals surface area contributed by atoms with Crippen LogP contribution in [0.25, 0.3) is 0 Å². The predicted octanol–water partition coefficient (Wildman–Crippen LogP) is 1.68. The first-order chi connectivity index (χ1) is 4.61. The fraction of sp³-hybridized carbons (Fsp3) is 0. The number of phenols is 2. The zero-order valence-electron chi connectivity index (χ0n) is 4.94. The highest BCUT2D eigenvalue weighted by Crippen LogP contribution is 2.31. The van der Waals surface area contributed by atoms with Crippen LogP contribution in [0, 0.1) is 0 Å². The molecule has 0 spiro atoms. The smallest absolute Gasteiger partial charge is 0.158 e. The third kappa shape index (κ3) is 1.33. The Labute approximate surface area is 69.3 Å². The quantitative estimate of drug-likeness (QED) is 0.357. The normalized spacial score (nSPS) is 9.80. The number of thiol groups is 2. The van der Waals surface area contributed by atoms with Crippen molar-refractivity contribution in [3.05, 3.63) is 12.1 Å². The molecule has 0 saturated carbocycles. The topological polar surface area (TPSA) is 40.5 Å². The van der Waals surface area contributed by atoms with E-state index in [0.29, 0.717) is 9.79 Å². The molecule has 0 aliphatic carbocycles. The molecule has 4 heteroatoms. The van der Waals surface area contributed by atoms with Crippen LogP contribution in [-0.4, -0.2) is 10.2 Å². The van der Waals surface area contributed by atoms with Gasteiger partial charge in [-0.2, -0.15) is 0 Å². The van der Waals surface area contributed by atoms with E-state index in [9.17, 15) is 0 Å². The highest BCUT2D eigenvalue weighted by atomic mass is 32.1. The van der Waals surface area contributed by atoms with Crippen LogP contribution in [-0.2, 0) is 0 Å². The van der Waals surface area contributed by atoms with Crippen molar-refractivity contribution in [2.75, 3.05) is 0 Å². The van der Waals surface area contributed by atoms with E-state index in [2.05, 4.69) is 25.3 Å². The van der Waals surface area contributed by atoms with E-state index < -0.39 is 0 Å². The number of phenolic OH excluding ortho intramolecular Hbond substituents is 2.